The number of hydrogen-bond donors (Lipinski definition) is 1. The summed E-state index contributed by atoms with van der Waals surface area (Å²) < 4.78 is 27.2. The van der Waals surface area contributed by atoms with Crippen LogP contribution in [0, 0.1) is 11.6 Å². The SMILES string of the molecule is NCC(Cc1ccccc1F)c1ccccc1F. The lowest BCUT2D eigenvalue weighted by Crippen LogP contribution is -2.16. The van der Waals surface area contributed by atoms with Crippen molar-refractivity contribution in [2.24, 2.45) is 5.73 Å². The molecular formula is C15H15F2N. The summed E-state index contributed by atoms with van der Waals surface area (Å²) in [6.07, 6.45) is 0.407. The van der Waals surface area contributed by atoms with Gasteiger partial charge in [-0.15, -0.1) is 0 Å². The van der Waals surface area contributed by atoms with Gasteiger partial charge in [0.25, 0.3) is 0 Å². The van der Waals surface area contributed by atoms with Crippen LogP contribution in [0.25, 0.3) is 0 Å². The standard InChI is InChI=1S/C15H15F2N/c16-14-7-3-1-5-11(14)9-12(10-18)13-6-2-4-8-15(13)17/h1-8,12H,9-10,18H2. The minimum atomic E-state index is -0.288. The highest BCUT2D eigenvalue weighted by atomic mass is 19.1. The van der Waals surface area contributed by atoms with Crippen LogP contribution in [0.3, 0.4) is 0 Å². The molecule has 0 spiro atoms. The molecule has 2 rings (SSSR count). The Morgan fingerprint density at radius 3 is 2.11 bits per heavy atom. The highest BCUT2D eigenvalue weighted by Crippen LogP contribution is 2.23. The molecule has 0 fully saturated rings. The van der Waals surface area contributed by atoms with Crippen molar-refractivity contribution in [3.8, 4) is 0 Å². The number of halogens is 2. The maximum atomic E-state index is 13.7. The van der Waals surface area contributed by atoms with Gasteiger partial charge < -0.3 is 5.73 Å². The fourth-order valence-electron chi connectivity index (χ4n) is 2.06. The van der Waals surface area contributed by atoms with Crippen LogP contribution in [-0.4, -0.2) is 6.54 Å². The Morgan fingerprint density at radius 2 is 1.50 bits per heavy atom. The Bertz CT molecular complexity index is 525. The van der Waals surface area contributed by atoms with Crippen LogP contribution in [-0.2, 0) is 6.42 Å². The quantitative estimate of drug-likeness (QED) is 0.881. The molecule has 1 unspecified atom stereocenters. The zero-order valence-corrected chi connectivity index (χ0v) is 9.94. The van der Waals surface area contributed by atoms with E-state index in [1.54, 1.807) is 36.4 Å². The molecule has 2 aromatic carbocycles. The van der Waals surface area contributed by atoms with Gasteiger partial charge in [-0.25, -0.2) is 8.78 Å². The summed E-state index contributed by atoms with van der Waals surface area (Å²) in [7, 11) is 0. The average molecular weight is 247 g/mol. The predicted molar refractivity (Wildman–Crippen MR) is 68.3 cm³/mol. The maximum Gasteiger partial charge on any atom is 0.126 e. The minimum absolute atomic E-state index is 0.205. The number of hydrogen-bond acceptors (Lipinski definition) is 1. The molecule has 0 aliphatic carbocycles. The molecule has 0 aliphatic rings. The van der Waals surface area contributed by atoms with Crippen LogP contribution in [0.1, 0.15) is 17.0 Å². The van der Waals surface area contributed by atoms with Gasteiger partial charge in [-0.3, -0.25) is 0 Å². The first kappa shape index (κ1) is 12.7. The third-order valence-electron chi connectivity index (χ3n) is 3.05. The Hall–Kier alpha value is -1.74. The molecule has 0 radical (unpaired) electrons. The summed E-state index contributed by atoms with van der Waals surface area (Å²) in [6, 6.07) is 13.0. The molecule has 2 N–H and O–H groups in total. The molecule has 0 saturated heterocycles. The first-order valence-corrected chi connectivity index (χ1v) is 5.90. The molecule has 0 bridgehead atoms. The first-order chi connectivity index (χ1) is 8.72. The molecule has 94 valence electrons. The van der Waals surface area contributed by atoms with Gasteiger partial charge in [-0.2, -0.15) is 0 Å². The van der Waals surface area contributed by atoms with Crippen molar-refractivity contribution >= 4 is 0 Å². The lowest BCUT2D eigenvalue weighted by Gasteiger charge is -2.16. The van der Waals surface area contributed by atoms with Gasteiger partial charge in [0, 0.05) is 5.92 Å². The Kier molecular flexibility index (Phi) is 4.05. The molecular weight excluding hydrogens is 232 g/mol. The van der Waals surface area contributed by atoms with Crippen molar-refractivity contribution in [1.82, 2.24) is 0 Å². The largest absolute Gasteiger partial charge is 0.330 e. The third-order valence-corrected chi connectivity index (χ3v) is 3.05. The van der Waals surface area contributed by atoms with Crippen LogP contribution < -0.4 is 5.73 Å². The monoisotopic (exact) mass is 247 g/mol. The van der Waals surface area contributed by atoms with Crippen molar-refractivity contribution in [2.75, 3.05) is 6.54 Å². The van der Waals surface area contributed by atoms with E-state index < -0.39 is 0 Å². The second kappa shape index (κ2) is 5.74. The second-order valence-corrected chi connectivity index (χ2v) is 4.25. The van der Waals surface area contributed by atoms with Gasteiger partial charge in [0.15, 0.2) is 0 Å². The smallest absolute Gasteiger partial charge is 0.126 e. The molecule has 1 nitrogen and oxygen atoms in total. The molecule has 2 aromatic rings. The minimum Gasteiger partial charge on any atom is -0.330 e. The van der Waals surface area contributed by atoms with Gasteiger partial charge in [-0.05, 0) is 36.2 Å². The highest BCUT2D eigenvalue weighted by molar-refractivity contribution is 5.26. The van der Waals surface area contributed by atoms with E-state index in [2.05, 4.69) is 0 Å². The first-order valence-electron chi connectivity index (χ1n) is 5.90. The Morgan fingerprint density at radius 1 is 0.889 bits per heavy atom. The Balaban J connectivity index is 2.26. The zero-order chi connectivity index (χ0) is 13.0. The molecule has 18 heavy (non-hydrogen) atoms. The highest BCUT2D eigenvalue weighted by Gasteiger charge is 2.16. The summed E-state index contributed by atoms with van der Waals surface area (Å²) in [5.41, 5.74) is 6.79. The lowest BCUT2D eigenvalue weighted by molar-refractivity contribution is 0.559. The van der Waals surface area contributed by atoms with E-state index in [0.29, 0.717) is 17.5 Å². The lowest BCUT2D eigenvalue weighted by atomic mass is 9.91. The molecule has 1 atom stereocenters. The Labute approximate surface area is 105 Å². The van der Waals surface area contributed by atoms with Crippen molar-refractivity contribution < 1.29 is 8.78 Å². The fourth-order valence-corrected chi connectivity index (χ4v) is 2.06. The molecule has 0 heterocycles. The maximum absolute atomic E-state index is 13.7. The molecule has 0 aromatic heterocycles. The zero-order valence-electron chi connectivity index (χ0n) is 9.94. The van der Waals surface area contributed by atoms with Gasteiger partial charge >= 0.3 is 0 Å². The van der Waals surface area contributed by atoms with E-state index >= 15 is 0 Å². The van der Waals surface area contributed by atoms with Crippen molar-refractivity contribution in [1.29, 1.82) is 0 Å². The molecule has 3 heteroatoms. The van der Waals surface area contributed by atoms with E-state index in [1.165, 1.54) is 12.1 Å². The van der Waals surface area contributed by atoms with Crippen molar-refractivity contribution in [3.05, 3.63) is 71.3 Å². The van der Waals surface area contributed by atoms with Crippen LogP contribution in [0.5, 0.6) is 0 Å². The second-order valence-electron chi connectivity index (χ2n) is 4.25. The summed E-state index contributed by atoms with van der Waals surface area (Å²) in [4.78, 5) is 0. The van der Waals surface area contributed by atoms with E-state index in [-0.39, 0.29) is 24.1 Å². The molecule has 0 amide bonds. The summed E-state index contributed by atoms with van der Waals surface area (Å²) in [6.45, 7) is 0.287. The van der Waals surface area contributed by atoms with Gasteiger partial charge in [0.05, 0.1) is 0 Å². The van der Waals surface area contributed by atoms with Crippen LogP contribution in [0.4, 0.5) is 8.78 Å². The predicted octanol–water partition coefficient (Wildman–Crippen LogP) is 3.25. The molecule has 0 saturated carbocycles. The van der Waals surface area contributed by atoms with E-state index in [4.69, 9.17) is 5.73 Å². The topological polar surface area (TPSA) is 26.0 Å². The van der Waals surface area contributed by atoms with Crippen LogP contribution in [0.15, 0.2) is 48.5 Å². The summed E-state index contributed by atoms with van der Waals surface area (Å²) in [5.74, 6) is -0.764. The number of benzene rings is 2. The van der Waals surface area contributed by atoms with Crippen molar-refractivity contribution in [3.63, 3.8) is 0 Å². The van der Waals surface area contributed by atoms with Crippen LogP contribution in [0.2, 0.25) is 0 Å². The fraction of sp³-hybridized carbons (Fsp3) is 0.200. The normalized spacial score (nSPS) is 12.4. The molecule has 0 aliphatic heterocycles. The average Bonchev–Trinajstić information content (AvgIpc) is 2.39. The third kappa shape index (κ3) is 2.74. The van der Waals surface area contributed by atoms with Crippen molar-refractivity contribution in [2.45, 2.75) is 12.3 Å². The summed E-state index contributed by atoms with van der Waals surface area (Å²) in [5, 5.41) is 0. The van der Waals surface area contributed by atoms with E-state index in [1.807, 2.05) is 0 Å². The summed E-state index contributed by atoms with van der Waals surface area (Å²) >= 11 is 0. The van der Waals surface area contributed by atoms with Gasteiger partial charge in [-0.1, -0.05) is 36.4 Å². The van der Waals surface area contributed by atoms with E-state index in [9.17, 15) is 8.78 Å². The van der Waals surface area contributed by atoms with Gasteiger partial charge in [0.2, 0.25) is 0 Å². The number of rotatable bonds is 4. The van der Waals surface area contributed by atoms with Crippen LogP contribution >= 0.6 is 0 Å². The number of nitrogens with two attached hydrogens (primary N) is 1. The van der Waals surface area contributed by atoms with Gasteiger partial charge in [0.1, 0.15) is 11.6 Å². The van der Waals surface area contributed by atoms with E-state index in [0.717, 1.165) is 0 Å².